The van der Waals surface area contributed by atoms with Crippen molar-refractivity contribution in [3.8, 4) is 0 Å². The van der Waals surface area contributed by atoms with Crippen molar-refractivity contribution in [2.75, 3.05) is 22.5 Å². The topological polar surface area (TPSA) is 107 Å². The summed E-state index contributed by atoms with van der Waals surface area (Å²) in [7, 11) is 0. The average molecular weight is 324 g/mol. The second-order valence-electron chi connectivity index (χ2n) is 4.13. The normalized spacial score (nSPS) is 10.3. The number of halogens is 1. The molecule has 1 amide bonds. The molecule has 1 heterocycles. The van der Waals surface area contributed by atoms with Gasteiger partial charge in [0.25, 0.3) is 0 Å². The number of carbonyl (C=O) groups excluding carboxylic acids is 1. The summed E-state index contributed by atoms with van der Waals surface area (Å²) < 4.78 is 0. The Morgan fingerprint density at radius 3 is 2.57 bits per heavy atom. The van der Waals surface area contributed by atoms with Crippen LogP contribution in [0.5, 0.6) is 0 Å². The van der Waals surface area contributed by atoms with E-state index in [4.69, 9.17) is 23.1 Å². The molecule has 0 bridgehead atoms. The van der Waals surface area contributed by atoms with E-state index in [2.05, 4.69) is 15.3 Å². The smallest absolute Gasteiger partial charge is 0.225 e. The Balaban J connectivity index is 1.83. The van der Waals surface area contributed by atoms with E-state index in [-0.39, 0.29) is 5.91 Å². The van der Waals surface area contributed by atoms with Gasteiger partial charge in [-0.05, 0) is 12.1 Å². The Morgan fingerprint density at radius 1 is 1.24 bits per heavy atom. The molecule has 0 saturated carbocycles. The predicted octanol–water partition coefficient (Wildman–Crippen LogP) is 2.42. The quantitative estimate of drug-likeness (QED) is 0.576. The molecular weight excluding hydrogens is 310 g/mol. The van der Waals surface area contributed by atoms with E-state index in [0.29, 0.717) is 39.7 Å². The second kappa shape index (κ2) is 7.14. The lowest BCUT2D eigenvalue weighted by Gasteiger charge is -2.06. The molecule has 2 aromatic rings. The summed E-state index contributed by atoms with van der Waals surface area (Å²) in [6, 6.07) is 8.55. The molecular formula is C13H14ClN5OS. The first-order chi connectivity index (χ1) is 10.0. The lowest BCUT2D eigenvalue weighted by atomic mass is 10.3. The van der Waals surface area contributed by atoms with Gasteiger partial charge >= 0.3 is 0 Å². The van der Waals surface area contributed by atoms with Gasteiger partial charge < -0.3 is 16.8 Å². The molecule has 0 fully saturated rings. The SMILES string of the molecule is Nc1cc(N)nc(SCCC(=O)Nc2ccccc2Cl)n1. The molecule has 8 heteroatoms. The molecule has 1 aromatic carbocycles. The van der Waals surface area contributed by atoms with Crippen molar-refractivity contribution < 1.29 is 4.79 Å². The summed E-state index contributed by atoms with van der Waals surface area (Å²) in [6.45, 7) is 0. The van der Waals surface area contributed by atoms with Gasteiger partial charge in [0.2, 0.25) is 5.91 Å². The molecule has 6 nitrogen and oxygen atoms in total. The van der Waals surface area contributed by atoms with Crippen LogP contribution in [0.4, 0.5) is 17.3 Å². The predicted molar refractivity (Wildman–Crippen MR) is 86.3 cm³/mol. The number of hydrogen-bond acceptors (Lipinski definition) is 6. The third-order valence-corrected chi connectivity index (χ3v) is 3.63. The number of rotatable bonds is 5. The van der Waals surface area contributed by atoms with Crippen LogP contribution in [0.25, 0.3) is 0 Å². The lowest BCUT2D eigenvalue weighted by molar-refractivity contribution is -0.115. The fourth-order valence-electron chi connectivity index (χ4n) is 1.54. The van der Waals surface area contributed by atoms with Crippen LogP contribution in [-0.2, 0) is 4.79 Å². The Kier molecular flexibility index (Phi) is 5.24. The van der Waals surface area contributed by atoms with E-state index >= 15 is 0 Å². The highest BCUT2D eigenvalue weighted by molar-refractivity contribution is 7.99. The molecule has 0 unspecified atom stereocenters. The molecule has 5 N–H and O–H groups in total. The van der Waals surface area contributed by atoms with Crippen LogP contribution in [-0.4, -0.2) is 21.6 Å². The number of thioether (sulfide) groups is 1. The van der Waals surface area contributed by atoms with Gasteiger partial charge in [0, 0.05) is 18.2 Å². The Labute approximate surface area is 131 Å². The fraction of sp³-hybridized carbons (Fsp3) is 0.154. The largest absolute Gasteiger partial charge is 0.383 e. The van der Waals surface area contributed by atoms with Crippen molar-refractivity contribution in [1.82, 2.24) is 9.97 Å². The summed E-state index contributed by atoms with van der Waals surface area (Å²) in [5, 5.41) is 3.71. The number of nitrogen functional groups attached to an aromatic ring is 2. The Hall–Kier alpha value is -1.99. The first-order valence-electron chi connectivity index (χ1n) is 6.12. The molecule has 21 heavy (non-hydrogen) atoms. The molecule has 0 aliphatic carbocycles. The van der Waals surface area contributed by atoms with E-state index in [0.717, 1.165) is 0 Å². The standard InChI is InChI=1S/C13H14ClN5OS/c14-8-3-1-2-4-9(8)17-12(20)5-6-21-13-18-10(15)7-11(16)19-13/h1-4,7H,5-6H2,(H,17,20)(H4,15,16,18,19). The van der Waals surface area contributed by atoms with Crippen LogP contribution in [0.2, 0.25) is 5.02 Å². The molecule has 1 aromatic heterocycles. The van der Waals surface area contributed by atoms with Gasteiger partial charge in [0.05, 0.1) is 10.7 Å². The van der Waals surface area contributed by atoms with Gasteiger partial charge in [-0.15, -0.1) is 0 Å². The zero-order chi connectivity index (χ0) is 15.2. The third kappa shape index (κ3) is 4.80. The number of nitrogens with one attached hydrogen (secondary N) is 1. The number of anilines is 3. The van der Waals surface area contributed by atoms with Gasteiger partial charge in [-0.3, -0.25) is 4.79 Å². The maximum atomic E-state index is 11.8. The average Bonchev–Trinajstić information content (AvgIpc) is 2.40. The first-order valence-corrected chi connectivity index (χ1v) is 7.48. The van der Waals surface area contributed by atoms with Crippen molar-refractivity contribution in [3.05, 3.63) is 35.4 Å². The zero-order valence-corrected chi connectivity index (χ0v) is 12.6. The van der Waals surface area contributed by atoms with Crippen molar-refractivity contribution in [1.29, 1.82) is 0 Å². The van der Waals surface area contributed by atoms with Crippen LogP contribution in [0.15, 0.2) is 35.5 Å². The first kappa shape index (κ1) is 15.4. The number of amides is 1. The number of para-hydroxylation sites is 1. The van der Waals surface area contributed by atoms with Crippen molar-refractivity contribution in [2.24, 2.45) is 0 Å². The number of nitrogens with zero attached hydrogens (tertiary/aromatic N) is 2. The number of carbonyl (C=O) groups is 1. The van der Waals surface area contributed by atoms with Gasteiger partial charge in [-0.25, -0.2) is 9.97 Å². The van der Waals surface area contributed by atoms with Crippen molar-refractivity contribution >= 4 is 46.6 Å². The van der Waals surface area contributed by atoms with Crippen molar-refractivity contribution in [3.63, 3.8) is 0 Å². The summed E-state index contributed by atoms with van der Waals surface area (Å²) in [5.74, 6) is 1.00. The highest BCUT2D eigenvalue weighted by Crippen LogP contribution is 2.21. The summed E-state index contributed by atoms with van der Waals surface area (Å²) in [6.07, 6.45) is 0.300. The molecule has 2 rings (SSSR count). The van der Waals surface area contributed by atoms with Crippen LogP contribution in [0.1, 0.15) is 6.42 Å². The van der Waals surface area contributed by atoms with Gasteiger partial charge in [-0.2, -0.15) is 0 Å². The molecule has 0 radical (unpaired) electrons. The Morgan fingerprint density at radius 2 is 1.90 bits per heavy atom. The number of aromatic nitrogens is 2. The monoisotopic (exact) mass is 323 g/mol. The molecule has 0 spiro atoms. The highest BCUT2D eigenvalue weighted by Gasteiger charge is 2.07. The number of hydrogen-bond donors (Lipinski definition) is 3. The van der Waals surface area contributed by atoms with E-state index < -0.39 is 0 Å². The minimum atomic E-state index is -0.132. The molecule has 110 valence electrons. The van der Waals surface area contributed by atoms with Crippen molar-refractivity contribution in [2.45, 2.75) is 11.6 Å². The molecule has 0 aliphatic heterocycles. The third-order valence-electron chi connectivity index (χ3n) is 2.45. The van der Waals surface area contributed by atoms with Crippen LogP contribution < -0.4 is 16.8 Å². The molecule has 0 atom stereocenters. The highest BCUT2D eigenvalue weighted by atomic mass is 35.5. The molecule has 0 saturated heterocycles. The Bertz CT molecular complexity index is 632. The minimum Gasteiger partial charge on any atom is -0.383 e. The fourth-order valence-corrected chi connectivity index (χ4v) is 2.53. The summed E-state index contributed by atoms with van der Waals surface area (Å²) >= 11 is 7.28. The van der Waals surface area contributed by atoms with Gasteiger partial charge in [0.15, 0.2) is 5.16 Å². The maximum absolute atomic E-state index is 11.8. The van der Waals surface area contributed by atoms with E-state index in [9.17, 15) is 4.79 Å². The van der Waals surface area contributed by atoms with Gasteiger partial charge in [-0.1, -0.05) is 35.5 Å². The molecule has 0 aliphatic rings. The van der Waals surface area contributed by atoms with E-state index in [1.807, 2.05) is 0 Å². The van der Waals surface area contributed by atoms with E-state index in [1.54, 1.807) is 24.3 Å². The summed E-state index contributed by atoms with van der Waals surface area (Å²) in [4.78, 5) is 19.9. The van der Waals surface area contributed by atoms with Crippen LogP contribution >= 0.6 is 23.4 Å². The van der Waals surface area contributed by atoms with Crippen LogP contribution in [0, 0.1) is 0 Å². The van der Waals surface area contributed by atoms with Crippen LogP contribution in [0.3, 0.4) is 0 Å². The second-order valence-corrected chi connectivity index (χ2v) is 5.60. The number of nitrogens with two attached hydrogens (primary N) is 2. The van der Waals surface area contributed by atoms with E-state index in [1.165, 1.54) is 17.8 Å². The zero-order valence-electron chi connectivity index (χ0n) is 11.0. The number of benzene rings is 1. The maximum Gasteiger partial charge on any atom is 0.225 e. The summed E-state index contributed by atoms with van der Waals surface area (Å²) in [5.41, 5.74) is 11.7. The minimum absolute atomic E-state index is 0.132. The van der Waals surface area contributed by atoms with Gasteiger partial charge in [0.1, 0.15) is 11.6 Å². The lowest BCUT2D eigenvalue weighted by Crippen LogP contribution is -2.12.